The van der Waals surface area contributed by atoms with Gasteiger partial charge in [-0.25, -0.2) is 0 Å². The van der Waals surface area contributed by atoms with E-state index in [1.165, 1.54) is 0 Å². The number of amides is 1. The van der Waals surface area contributed by atoms with Crippen molar-refractivity contribution in [3.63, 3.8) is 0 Å². The SMILES string of the molecule is Cc1c(C(=O)NC2CCNCC2C)oc2c1ccc1ccccc12. The zero-order valence-corrected chi connectivity index (χ0v) is 14.1. The molecule has 1 aliphatic heterocycles. The van der Waals surface area contributed by atoms with Crippen molar-refractivity contribution in [1.82, 2.24) is 10.6 Å². The van der Waals surface area contributed by atoms with Crippen LogP contribution in [0.1, 0.15) is 29.5 Å². The van der Waals surface area contributed by atoms with Gasteiger partial charge in [-0.05, 0) is 37.7 Å². The number of fused-ring (bicyclic) bond motifs is 3. The lowest BCUT2D eigenvalue weighted by Gasteiger charge is -2.29. The van der Waals surface area contributed by atoms with E-state index in [-0.39, 0.29) is 11.9 Å². The molecule has 1 saturated heterocycles. The molecule has 0 saturated carbocycles. The van der Waals surface area contributed by atoms with Gasteiger partial charge in [0.25, 0.3) is 5.91 Å². The van der Waals surface area contributed by atoms with E-state index in [0.29, 0.717) is 11.7 Å². The Hall–Kier alpha value is -2.33. The van der Waals surface area contributed by atoms with Gasteiger partial charge in [0.15, 0.2) is 5.76 Å². The van der Waals surface area contributed by atoms with Gasteiger partial charge in [-0.3, -0.25) is 4.79 Å². The maximum atomic E-state index is 12.8. The van der Waals surface area contributed by atoms with Gasteiger partial charge in [0.2, 0.25) is 0 Å². The smallest absolute Gasteiger partial charge is 0.287 e. The standard InChI is InChI=1S/C20H22N2O2/c1-12-11-21-10-9-17(12)22-20(23)18-13(2)15-8-7-14-5-3-4-6-16(14)19(15)24-18/h3-8,12,17,21H,9-11H2,1-2H3,(H,22,23). The van der Waals surface area contributed by atoms with Gasteiger partial charge in [-0.2, -0.15) is 0 Å². The molecule has 1 fully saturated rings. The van der Waals surface area contributed by atoms with E-state index in [4.69, 9.17) is 4.42 Å². The van der Waals surface area contributed by atoms with Crippen LogP contribution >= 0.6 is 0 Å². The molecule has 124 valence electrons. The maximum absolute atomic E-state index is 12.8. The first-order valence-electron chi connectivity index (χ1n) is 8.57. The highest BCUT2D eigenvalue weighted by Gasteiger charge is 2.26. The number of carbonyl (C=O) groups excluding carboxylic acids is 1. The van der Waals surface area contributed by atoms with E-state index in [2.05, 4.69) is 29.7 Å². The average molecular weight is 322 g/mol. The van der Waals surface area contributed by atoms with Crippen LogP contribution in [-0.2, 0) is 0 Å². The Morgan fingerprint density at radius 2 is 2.04 bits per heavy atom. The third-order valence-corrected chi connectivity index (χ3v) is 5.14. The molecule has 1 amide bonds. The molecule has 2 unspecified atom stereocenters. The minimum Gasteiger partial charge on any atom is -0.450 e. The Kier molecular flexibility index (Phi) is 3.77. The maximum Gasteiger partial charge on any atom is 0.287 e. The number of rotatable bonds is 2. The fourth-order valence-corrected chi connectivity index (χ4v) is 3.63. The molecule has 4 rings (SSSR count). The van der Waals surface area contributed by atoms with Crippen molar-refractivity contribution in [3.05, 3.63) is 47.7 Å². The third-order valence-electron chi connectivity index (χ3n) is 5.14. The molecule has 1 aromatic heterocycles. The van der Waals surface area contributed by atoms with Crippen molar-refractivity contribution < 1.29 is 9.21 Å². The van der Waals surface area contributed by atoms with E-state index in [9.17, 15) is 4.79 Å². The number of hydrogen-bond donors (Lipinski definition) is 2. The van der Waals surface area contributed by atoms with E-state index in [0.717, 1.165) is 46.8 Å². The summed E-state index contributed by atoms with van der Waals surface area (Å²) in [4.78, 5) is 12.8. The quantitative estimate of drug-likeness (QED) is 0.757. The van der Waals surface area contributed by atoms with E-state index in [1.54, 1.807) is 0 Å². The average Bonchev–Trinajstić information content (AvgIpc) is 2.94. The normalized spacial score (nSPS) is 21.2. The van der Waals surface area contributed by atoms with Crippen molar-refractivity contribution >= 4 is 27.6 Å². The number of hydrogen-bond acceptors (Lipinski definition) is 3. The van der Waals surface area contributed by atoms with Gasteiger partial charge < -0.3 is 15.1 Å². The van der Waals surface area contributed by atoms with Crippen LogP contribution in [0.5, 0.6) is 0 Å². The van der Waals surface area contributed by atoms with E-state index >= 15 is 0 Å². The van der Waals surface area contributed by atoms with Crippen molar-refractivity contribution in [3.8, 4) is 0 Å². The summed E-state index contributed by atoms with van der Waals surface area (Å²) in [5.74, 6) is 0.756. The molecule has 4 nitrogen and oxygen atoms in total. The van der Waals surface area contributed by atoms with E-state index in [1.807, 2.05) is 31.2 Å². The summed E-state index contributed by atoms with van der Waals surface area (Å²) in [6, 6.07) is 12.4. The highest BCUT2D eigenvalue weighted by molar-refractivity contribution is 6.08. The predicted octanol–water partition coefficient (Wildman–Crippen LogP) is 3.62. The molecule has 1 aliphatic rings. The summed E-state index contributed by atoms with van der Waals surface area (Å²) in [5, 5.41) is 9.70. The van der Waals surface area contributed by atoms with Crippen LogP contribution in [0.4, 0.5) is 0 Å². The number of carbonyl (C=O) groups is 1. The Labute approximate surface area is 141 Å². The zero-order chi connectivity index (χ0) is 16.7. The molecule has 0 aliphatic carbocycles. The third kappa shape index (κ3) is 2.47. The number of piperidine rings is 1. The molecular formula is C20H22N2O2. The van der Waals surface area contributed by atoms with E-state index < -0.39 is 0 Å². The first-order valence-corrected chi connectivity index (χ1v) is 8.57. The largest absolute Gasteiger partial charge is 0.450 e. The molecule has 4 heteroatoms. The molecule has 24 heavy (non-hydrogen) atoms. The fourth-order valence-electron chi connectivity index (χ4n) is 3.63. The highest BCUT2D eigenvalue weighted by Crippen LogP contribution is 2.31. The monoisotopic (exact) mass is 322 g/mol. The summed E-state index contributed by atoms with van der Waals surface area (Å²) in [7, 11) is 0. The van der Waals surface area contributed by atoms with Crippen LogP contribution in [-0.4, -0.2) is 25.0 Å². The molecule has 2 atom stereocenters. The summed E-state index contributed by atoms with van der Waals surface area (Å²) in [6.07, 6.45) is 0.953. The molecule has 2 N–H and O–H groups in total. The lowest BCUT2D eigenvalue weighted by atomic mass is 9.95. The Balaban J connectivity index is 1.72. The van der Waals surface area contributed by atoms with Gasteiger partial charge in [-0.1, -0.05) is 43.3 Å². The summed E-state index contributed by atoms with van der Waals surface area (Å²) in [5.41, 5.74) is 1.71. The fraction of sp³-hybridized carbons (Fsp3) is 0.350. The van der Waals surface area contributed by atoms with Crippen molar-refractivity contribution in [1.29, 1.82) is 0 Å². The van der Waals surface area contributed by atoms with Crippen molar-refractivity contribution in [2.45, 2.75) is 26.3 Å². The Morgan fingerprint density at radius 3 is 2.88 bits per heavy atom. The molecule has 2 aromatic carbocycles. The van der Waals surface area contributed by atoms with Gasteiger partial charge in [0.1, 0.15) is 5.58 Å². The van der Waals surface area contributed by atoms with Crippen LogP contribution in [0.3, 0.4) is 0 Å². The van der Waals surface area contributed by atoms with Crippen LogP contribution < -0.4 is 10.6 Å². The molecule has 2 heterocycles. The molecule has 3 aromatic rings. The minimum atomic E-state index is -0.105. The van der Waals surface area contributed by atoms with Gasteiger partial charge in [0, 0.05) is 22.4 Å². The van der Waals surface area contributed by atoms with Gasteiger partial charge in [0.05, 0.1) is 0 Å². The molecule has 0 spiro atoms. The van der Waals surface area contributed by atoms with Crippen molar-refractivity contribution in [2.24, 2.45) is 5.92 Å². The summed E-state index contributed by atoms with van der Waals surface area (Å²) < 4.78 is 6.02. The second-order valence-corrected chi connectivity index (χ2v) is 6.77. The van der Waals surface area contributed by atoms with Gasteiger partial charge in [-0.15, -0.1) is 0 Å². The van der Waals surface area contributed by atoms with Crippen LogP contribution in [0.25, 0.3) is 21.7 Å². The number of aryl methyl sites for hydroxylation is 1. The second kappa shape index (κ2) is 5.95. The number of benzene rings is 2. The zero-order valence-electron chi connectivity index (χ0n) is 14.1. The number of nitrogens with one attached hydrogen (secondary N) is 2. The summed E-state index contributed by atoms with van der Waals surface area (Å²) >= 11 is 0. The highest BCUT2D eigenvalue weighted by atomic mass is 16.3. The van der Waals surface area contributed by atoms with Crippen LogP contribution in [0.2, 0.25) is 0 Å². The van der Waals surface area contributed by atoms with Crippen molar-refractivity contribution in [2.75, 3.05) is 13.1 Å². The topological polar surface area (TPSA) is 54.3 Å². The Bertz CT molecular complexity index is 913. The first-order chi connectivity index (χ1) is 11.6. The summed E-state index contributed by atoms with van der Waals surface area (Å²) in [6.45, 7) is 6.01. The number of furan rings is 1. The molecular weight excluding hydrogens is 300 g/mol. The van der Waals surface area contributed by atoms with Gasteiger partial charge >= 0.3 is 0 Å². The van der Waals surface area contributed by atoms with Crippen LogP contribution in [0.15, 0.2) is 40.8 Å². The lowest BCUT2D eigenvalue weighted by molar-refractivity contribution is 0.0887. The predicted molar refractivity (Wildman–Crippen MR) is 96.4 cm³/mol. The first kappa shape index (κ1) is 15.2. The van der Waals surface area contributed by atoms with Crippen LogP contribution in [0, 0.1) is 12.8 Å². The molecule has 0 radical (unpaired) electrons. The minimum absolute atomic E-state index is 0.105. The Morgan fingerprint density at radius 1 is 1.21 bits per heavy atom. The second-order valence-electron chi connectivity index (χ2n) is 6.77. The lowest BCUT2D eigenvalue weighted by Crippen LogP contribution is -2.48. The molecule has 0 bridgehead atoms.